The van der Waals surface area contributed by atoms with E-state index in [0.29, 0.717) is 11.4 Å². The third kappa shape index (κ3) is 3.96. The zero-order valence-corrected chi connectivity index (χ0v) is 14.6. The average molecular weight is 334 g/mol. The number of methoxy groups -OCH3 is 1. The van der Waals surface area contributed by atoms with E-state index in [4.69, 9.17) is 10.5 Å². The van der Waals surface area contributed by atoms with Gasteiger partial charge in [0, 0.05) is 11.4 Å². The molecular formula is C17H22N2O3S. The molecule has 3 N–H and O–H groups in total. The maximum atomic E-state index is 12.6. The van der Waals surface area contributed by atoms with Crippen molar-refractivity contribution in [2.45, 2.75) is 31.1 Å². The van der Waals surface area contributed by atoms with Crippen LogP contribution in [0.5, 0.6) is 5.75 Å². The molecule has 6 heteroatoms. The van der Waals surface area contributed by atoms with Crippen molar-refractivity contribution in [1.29, 1.82) is 0 Å². The average Bonchev–Trinajstić information content (AvgIpc) is 2.46. The van der Waals surface area contributed by atoms with Crippen LogP contribution in [-0.2, 0) is 15.4 Å². The molecule has 0 fully saturated rings. The lowest BCUT2D eigenvalue weighted by Crippen LogP contribution is -2.15. The van der Waals surface area contributed by atoms with Crippen LogP contribution in [-0.4, -0.2) is 15.5 Å². The summed E-state index contributed by atoms with van der Waals surface area (Å²) < 4.78 is 32.8. The molecule has 0 saturated heterocycles. The van der Waals surface area contributed by atoms with Crippen molar-refractivity contribution in [2.75, 3.05) is 17.6 Å². The lowest BCUT2D eigenvalue weighted by molar-refractivity contribution is 0.403. The van der Waals surface area contributed by atoms with Crippen molar-refractivity contribution in [3.8, 4) is 5.75 Å². The van der Waals surface area contributed by atoms with Crippen LogP contribution in [0.4, 0.5) is 11.4 Å². The molecule has 23 heavy (non-hydrogen) atoms. The molecule has 0 aliphatic rings. The number of sulfonamides is 1. The van der Waals surface area contributed by atoms with E-state index in [1.54, 1.807) is 18.2 Å². The van der Waals surface area contributed by atoms with Crippen LogP contribution < -0.4 is 15.2 Å². The Labute approximate surface area is 137 Å². The first-order valence-electron chi connectivity index (χ1n) is 7.20. The van der Waals surface area contributed by atoms with Gasteiger partial charge in [-0.2, -0.15) is 0 Å². The summed E-state index contributed by atoms with van der Waals surface area (Å²) in [7, 11) is -2.36. The highest BCUT2D eigenvalue weighted by Crippen LogP contribution is 2.29. The van der Waals surface area contributed by atoms with E-state index in [1.807, 2.05) is 12.1 Å². The molecule has 124 valence electrons. The van der Waals surface area contributed by atoms with Gasteiger partial charge in [0.15, 0.2) is 0 Å². The van der Waals surface area contributed by atoms with Crippen LogP contribution in [0.3, 0.4) is 0 Å². The predicted molar refractivity (Wildman–Crippen MR) is 93.4 cm³/mol. The number of hydrogen-bond donors (Lipinski definition) is 2. The minimum Gasteiger partial charge on any atom is -0.495 e. The van der Waals surface area contributed by atoms with E-state index in [9.17, 15) is 8.42 Å². The number of hydrogen-bond acceptors (Lipinski definition) is 4. The number of nitrogens with one attached hydrogen (secondary N) is 1. The third-order valence-electron chi connectivity index (χ3n) is 3.48. The monoisotopic (exact) mass is 334 g/mol. The summed E-state index contributed by atoms with van der Waals surface area (Å²) in [5, 5.41) is 0. The van der Waals surface area contributed by atoms with E-state index in [1.165, 1.54) is 19.2 Å². The molecule has 0 aliphatic heterocycles. The van der Waals surface area contributed by atoms with Gasteiger partial charge in [-0.15, -0.1) is 0 Å². The highest BCUT2D eigenvalue weighted by atomic mass is 32.2. The molecule has 2 rings (SSSR count). The number of anilines is 2. The summed E-state index contributed by atoms with van der Waals surface area (Å²) in [6.45, 7) is 6.30. The van der Waals surface area contributed by atoms with Crippen LogP contribution in [0.1, 0.15) is 26.3 Å². The fraction of sp³-hybridized carbons (Fsp3) is 0.294. The van der Waals surface area contributed by atoms with Gasteiger partial charge < -0.3 is 10.5 Å². The van der Waals surface area contributed by atoms with E-state index >= 15 is 0 Å². The van der Waals surface area contributed by atoms with E-state index in [-0.39, 0.29) is 16.1 Å². The van der Waals surface area contributed by atoms with Gasteiger partial charge in [0.2, 0.25) is 0 Å². The van der Waals surface area contributed by atoms with Crippen LogP contribution >= 0.6 is 0 Å². The highest BCUT2D eigenvalue weighted by Gasteiger charge is 2.20. The Balaban J connectivity index is 2.34. The molecule has 0 bridgehead atoms. The van der Waals surface area contributed by atoms with Crippen molar-refractivity contribution in [1.82, 2.24) is 0 Å². The van der Waals surface area contributed by atoms with Crippen LogP contribution in [0.25, 0.3) is 0 Å². The summed E-state index contributed by atoms with van der Waals surface area (Å²) in [4.78, 5) is 0.0138. The smallest absolute Gasteiger partial charge is 0.265 e. The maximum Gasteiger partial charge on any atom is 0.265 e. The molecule has 0 spiro atoms. The third-order valence-corrected chi connectivity index (χ3v) is 4.88. The Morgan fingerprint density at radius 3 is 2.17 bits per heavy atom. The minimum absolute atomic E-state index is 0.00844. The van der Waals surface area contributed by atoms with Gasteiger partial charge in [0.25, 0.3) is 10.0 Å². The Morgan fingerprint density at radius 1 is 1.04 bits per heavy atom. The van der Waals surface area contributed by atoms with Gasteiger partial charge in [0.05, 0.1) is 7.11 Å². The topological polar surface area (TPSA) is 81.4 Å². The van der Waals surface area contributed by atoms with Gasteiger partial charge >= 0.3 is 0 Å². The Hall–Kier alpha value is -2.21. The zero-order valence-electron chi connectivity index (χ0n) is 13.8. The van der Waals surface area contributed by atoms with Gasteiger partial charge in [-0.3, -0.25) is 4.72 Å². The first kappa shape index (κ1) is 17.1. The molecule has 0 heterocycles. The highest BCUT2D eigenvalue weighted by molar-refractivity contribution is 7.92. The maximum absolute atomic E-state index is 12.6. The Kier molecular flexibility index (Phi) is 4.56. The molecule has 0 aliphatic carbocycles. The number of benzene rings is 2. The van der Waals surface area contributed by atoms with Crippen LogP contribution in [0.2, 0.25) is 0 Å². The molecular weight excluding hydrogens is 312 g/mol. The van der Waals surface area contributed by atoms with Gasteiger partial charge in [-0.25, -0.2) is 8.42 Å². The van der Waals surface area contributed by atoms with Crippen molar-refractivity contribution >= 4 is 21.4 Å². The molecule has 0 saturated carbocycles. The molecule has 5 nitrogen and oxygen atoms in total. The number of rotatable bonds is 4. The van der Waals surface area contributed by atoms with E-state index in [0.717, 1.165) is 5.56 Å². The molecule has 0 aromatic heterocycles. The molecule has 0 atom stereocenters. The van der Waals surface area contributed by atoms with Crippen LogP contribution in [0, 0.1) is 0 Å². The first-order chi connectivity index (χ1) is 10.6. The SMILES string of the molecule is COc1ccc(N)cc1S(=O)(=O)Nc1ccc(C(C)(C)C)cc1. The second-order valence-corrected chi connectivity index (χ2v) is 7.99. The molecule has 0 unspecified atom stereocenters. The van der Waals surface area contributed by atoms with E-state index in [2.05, 4.69) is 25.5 Å². The lowest BCUT2D eigenvalue weighted by atomic mass is 9.87. The second-order valence-electron chi connectivity index (χ2n) is 6.34. The second kappa shape index (κ2) is 6.12. The normalized spacial score (nSPS) is 12.0. The largest absolute Gasteiger partial charge is 0.495 e. The van der Waals surface area contributed by atoms with Gasteiger partial charge in [-0.1, -0.05) is 32.9 Å². The Bertz CT molecular complexity index is 792. The van der Waals surface area contributed by atoms with Crippen molar-refractivity contribution < 1.29 is 13.2 Å². The number of ether oxygens (including phenoxy) is 1. The number of nitrogen functional groups attached to an aromatic ring is 1. The zero-order chi connectivity index (χ0) is 17.3. The summed E-state index contributed by atoms with van der Waals surface area (Å²) in [6, 6.07) is 11.8. The van der Waals surface area contributed by atoms with Crippen molar-refractivity contribution in [3.05, 3.63) is 48.0 Å². The molecule has 0 amide bonds. The first-order valence-corrected chi connectivity index (χ1v) is 8.69. The van der Waals surface area contributed by atoms with Crippen LogP contribution in [0.15, 0.2) is 47.4 Å². The van der Waals surface area contributed by atoms with Gasteiger partial charge in [-0.05, 0) is 41.3 Å². The van der Waals surface area contributed by atoms with Crippen molar-refractivity contribution in [3.63, 3.8) is 0 Å². The summed E-state index contributed by atoms with van der Waals surface area (Å²) in [5.41, 5.74) is 7.67. The molecule has 0 radical (unpaired) electrons. The lowest BCUT2D eigenvalue weighted by Gasteiger charge is -2.19. The summed E-state index contributed by atoms with van der Waals surface area (Å²) in [5.74, 6) is 0.248. The summed E-state index contributed by atoms with van der Waals surface area (Å²) >= 11 is 0. The fourth-order valence-corrected chi connectivity index (χ4v) is 3.42. The fourth-order valence-electron chi connectivity index (χ4n) is 2.15. The van der Waals surface area contributed by atoms with Crippen molar-refractivity contribution in [2.24, 2.45) is 0 Å². The summed E-state index contributed by atoms with van der Waals surface area (Å²) in [6.07, 6.45) is 0. The van der Waals surface area contributed by atoms with Gasteiger partial charge in [0.1, 0.15) is 10.6 Å². The molecule has 2 aromatic carbocycles. The number of nitrogens with two attached hydrogens (primary N) is 1. The quantitative estimate of drug-likeness (QED) is 0.840. The Morgan fingerprint density at radius 2 is 1.65 bits per heavy atom. The van der Waals surface area contributed by atoms with E-state index < -0.39 is 10.0 Å². The molecule has 2 aromatic rings. The standard InChI is InChI=1S/C17H22N2O3S/c1-17(2,3)12-5-8-14(9-6-12)19-23(20,21)16-11-13(18)7-10-15(16)22-4/h5-11,19H,18H2,1-4H3. The predicted octanol–water partition coefficient (Wildman–Crippen LogP) is 3.38. The minimum atomic E-state index is -3.78.